The number of hydrogen-bond donors (Lipinski definition) is 0. The lowest BCUT2D eigenvalue weighted by Crippen LogP contribution is -2.25. The molecule has 0 aromatic carbocycles. The first-order chi connectivity index (χ1) is 8.68. The molecule has 2 aromatic rings. The summed E-state index contributed by atoms with van der Waals surface area (Å²) in [7, 11) is 2.19. The number of fused-ring (bicyclic) bond motifs is 3. The molecule has 0 spiro atoms. The van der Waals surface area contributed by atoms with Gasteiger partial charge < -0.3 is 4.90 Å². The Morgan fingerprint density at radius 2 is 2.06 bits per heavy atom. The molecular weight excluding hydrogens is 240 g/mol. The average molecular weight is 260 g/mol. The normalized spacial score (nSPS) is 15.1. The van der Waals surface area contributed by atoms with Crippen LogP contribution in [-0.4, -0.2) is 18.1 Å². The lowest BCUT2D eigenvalue weighted by atomic mass is 9.96. The van der Waals surface area contributed by atoms with Gasteiger partial charge in [0.25, 0.3) is 0 Å². The number of aromatic nitrogens is 1. The molecule has 1 aliphatic rings. The van der Waals surface area contributed by atoms with E-state index < -0.39 is 0 Å². The Balaban J connectivity index is 2.23. The van der Waals surface area contributed by atoms with Gasteiger partial charge in [0.15, 0.2) is 0 Å². The minimum atomic E-state index is 0.523. The third-order valence-corrected chi connectivity index (χ3v) is 5.19. The highest BCUT2D eigenvalue weighted by Gasteiger charge is 2.20. The molecule has 2 heterocycles. The molecule has 96 valence electrons. The zero-order valence-corrected chi connectivity index (χ0v) is 12.2. The Bertz CT molecular complexity index is 571. The van der Waals surface area contributed by atoms with Gasteiger partial charge in [0.1, 0.15) is 4.83 Å². The quantitative estimate of drug-likeness (QED) is 0.810. The maximum Gasteiger partial charge on any atom is 0.125 e. The van der Waals surface area contributed by atoms with Crippen LogP contribution >= 0.6 is 11.3 Å². The van der Waals surface area contributed by atoms with E-state index in [1.54, 1.807) is 10.4 Å². The van der Waals surface area contributed by atoms with Gasteiger partial charge in [0, 0.05) is 35.2 Å². The summed E-state index contributed by atoms with van der Waals surface area (Å²) >= 11 is 1.91. The van der Waals surface area contributed by atoms with Crippen LogP contribution in [0.1, 0.15) is 37.1 Å². The van der Waals surface area contributed by atoms with Gasteiger partial charge in [0.2, 0.25) is 0 Å². The van der Waals surface area contributed by atoms with Gasteiger partial charge in [-0.3, -0.25) is 0 Å². The van der Waals surface area contributed by atoms with E-state index in [0.29, 0.717) is 6.04 Å². The zero-order valence-electron chi connectivity index (χ0n) is 11.4. The Morgan fingerprint density at radius 1 is 1.28 bits per heavy atom. The van der Waals surface area contributed by atoms with Gasteiger partial charge >= 0.3 is 0 Å². The highest BCUT2D eigenvalue weighted by atomic mass is 32.1. The van der Waals surface area contributed by atoms with E-state index in [1.807, 2.05) is 17.5 Å². The van der Waals surface area contributed by atoms with Crippen molar-refractivity contribution >= 4 is 27.2 Å². The van der Waals surface area contributed by atoms with Crippen molar-refractivity contribution in [1.29, 1.82) is 0 Å². The summed E-state index contributed by atoms with van der Waals surface area (Å²) in [6, 6.07) is 2.69. The summed E-state index contributed by atoms with van der Waals surface area (Å²) in [4.78, 5) is 9.75. The molecule has 1 aliphatic carbocycles. The molecule has 0 bridgehead atoms. The zero-order chi connectivity index (χ0) is 12.7. The summed E-state index contributed by atoms with van der Waals surface area (Å²) in [5.74, 6) is 0. The molecule has 18 heavy (non-hydrogen) atoms. The fourth-order valence-electron chi connectivity index (χ4n) is 2.74. The molecule has 0 aliphatic heterocycles. The molecule has 0 N–H and O–H groups in total. The third-order valence-electron chi connectivity index (χ3n) is 3.99. The maximum atomic E-state index is 4.58. The van der Waals surface area contributed by atoms with Gasteiger partial charge in [-0.25, -0.2) is 4.98 Å². The largest absolute Gasteiger partial charge is 0.372 e. The Hall–Kier alpha value is -1.09. The predicted molar refractivity (Wildman–Crippen MR) is 79.8 cm³/mol. The van der Waals surface area contributed by atoms with Gasteiger partial charge in [-0.2, -0.15) is 0 Å². The second kappa shape index (κ2) is 4.54. The number of pyridine rings is 1. The molecule has 0 amide bonds. The number of anilines is 1. The van der Waals surface area contributed by atoms with E-state index in [4.69, 9.17) is 0 Å². The molecular formula is C15H20N2S. The Morgan fingerprint density at radius 3 is 2.83 bits per heavy atom. The number of nitrogens with zero attached hydrogens (tertiary/aromatic N) is 2. The summed E-state index contributed by atoms with van der Waals surface area (Å²) < 4.78 is 0. The molecule has 2 nitrogen and oxygen atoms in total. The van der Waals surface area contributed by atoms with Crippen LogP contribution < -0.4 is 4.90 Å². The second-order valence-electron chi connectivity index (χ2n) is 5.43. The van der Waals surface area contributed by atoms with Crippen molar-refractivity contribution in [2.45, 2.75) is 45.6 Å². The molecule has 0 atom stereocenters. The van der Waals surface area contributed by atoms with Crippen LogP contribution in [0.3, 0.4) is 0 Å². The van der Waals surface area contributed by atoms with Crippen molar-refractivity contribution in [3.8, 4) is 0 Å². The first kappa shape index (κ1) is 12.0. The predicted octanol–water partition coefficient (Wildman–Crippen LogP) is 4.02. The smallest absolute Gasteiger partial charge is 0.125 e. The SMILES string of the molecule is CC(C)N(C)c1ccnc2sc3c(c12)CCCC3. The van der Waals surface area contributed by atoms with Crippen LogP contribution in [-0.2, 0) is 12.8 Å². The van der Waals surface area contributed by atoms with Gasteiger partial charge in [0.05, 0.1) is 0 Å². The summed E-state index contributed by atoms with van der Waals surface area (Å²) in [6.45, 7) is 4.48. The topological polar surface area (TPSA) is 16.1 Å². The monoisotopic (exact) mass is 260 g/mol. The number of aryl methyl sites for hydroxylation is 2. The minimum Gasteiger partial charge on any atom is -0.372 e. The van der Waals surface area contributed by atoms with Crippen LogP contribution in [0, 0.1) is 0 Å². The van der Waals surface area contributed by atoms with Crippen molar-refractivity contribution in [3.63, 3.8) is 0 Å². The number of thiophene rings is 1. The van der Waals surface area contributed by atoms with Crippen molar-refractivity contribution in [2.24, 2.45) is 0 Å². The fraction of sp³-hybridized carbons (Fsp3) is 0.533. The van der Waals surface area contributed by atoms with Crippen LogP contribution in [0.5, 0.6) is 0 Å². The molecule has 0 radical (unpaired) electrons. The lowest BCUT2D eigenvalue weighted by Gasteiger charge is -2.25. The van der Waals surface area contributed by atoms with Gasteiger partial charge in [-0.05, 0) is 51.2 Å². The van der Waals surface area contributed by atoms with E-state index in [2.05, 4.69) is 36.8 Å². The number of rotatable bonds is 2. The average Bonchev–Trinajstić information content (AvgIpc) is 2.76. The highest BCUT2D eigenvalue weighted by molar-refractivity contribution is 7.19. The third kappa shape index (κ3) is 1.81. The molecule has 3 rings (SSSR count). The van der Waals surface area contributed by atoms with Crippen molar-refractivity contribution in [2.75, 3.05) is 11.9 Å². The van der Waals surface area contributed by atoms with E-state index in [1.165, 1.54) is 41.6 Å². The Labute approximate surface area is 113 Å². The van der Waals surface area contributed by atoms with Crippen LogP contribution in [0.2, 0.25) is 0 Å². The molecule has 0 saturated heterocycles. The first-order valence-corrected chi connectivity index (χ1v) is 7.62. The maximum absolute atomic E-state index is 4.58. The van der Waals surface area contributed by atoms with Gasteiger partial charge in [-0.15, -0.1) is 11.3 Å². The Kier molecular flexibility index (Phi) is 3.02. The summed E-state index contributed by atoms with van der Waals surface area (Å²) in [6.07, 6.45) is 7.12. The summed E-state index contributed by atoms with van der Waals surface area (Å²) in [5.41, 5.74) is 2.94. The van der Waals surface area contributed by atoms with E-state index in [-0.39, 0.29) is 0 Å². The van der Waals surface area contributed by atoms with E-state index >= 15 is 0 Å². The molecule has 2 aromatic heterocycles. The molecule has 0 saturated carbocycles. The number of hydrogen-bond acceptors (Lipinski definition) is 3. The van der Waals surface area contributed by atoms with Crippen LogP contribution in [0.4, 0.5) is 5.69 Å². The standard InChI is InChI=1S/C15H20N2S/c1-10(2)17(3)12-8-9-16-15-14(12)11-6-4-5-7-13(11)18-15/h8-10H,4-7H2,1-3H3. The highest BCUT2D eigenvalue weighted by Crippen LogP contribution is 2.40. The van der Waals surface area contributed by atoms with Crippen molar-refractivity contribution < 1.29 is 0 Å². The molecule has 0 unspecified atom stereocenters. The van der Waals surface area contributed by atoms with Gasteiger partial charge in [-0.1, -0.05) is 0 Å². The second-order valence-corrected chi connectivity index (χ2v) is 6.51. The van der Waals surface area contributed by atoms with Crippen molar-refractivity contribution in [1.82, 2.24) is 4.98 Å². The first-order valence-electron chi connectivity index (χ1n) is 6.80. The van der Waals surface area contributed by atoms with E-state index in [0.717, 1.165) is 0 Å². The van der Waals surface area contributed by atoms with Crippen LogP contribution in [0.15, 0.2) is 12.3 Å². The lowest BCUT2D eigenvalue weighted by molar-refractivity contribution is 0.699. The minimum absolute atomic E-state index is 0.523. The summed E-state index contributed by atoms with van der Waals surface area (Å²) in [5, 5.41) is 1.42. The molecule has 0 fully saturated rings. The fourth-order valence-corrected chi connectivity index (χ4v) is 3.99. The van der Waals surface area contributed by atoms with E-state index in [9.17, 15) is 0 Å². The molecule has 3 heteroatoms. The van der Waals surface area contributed by atoms with Crippen LogP contribution in [0.25, 0.3) is 10.2 Å². The van der Waals surface area contributed by atoms with Crippen molar-refractivity contribution in [3.05, 3.63) is 22.7 Å².